The molecule has 2 aromatic carbocycles. The zero-order valence-corrected chi connectivity index (χ0v) is 12.3. The molecule has 0 saturated carbocycles. The zero-order valence-electron chi connectivity index (χ0n) is 12.3. The molecule has 0 radical (unpaired) electrons. The van der Waals surface area contributed by atoms with E-state index in [9.17, 15) is 12.9 Å². The predicted octanol–water partition coefficient (Wildman–Crippen LogP) is 4.25. The van der Waals surface area contributed by atoms with Gasteiger partial charge in [-0.2, -0.15) is 0 Å². The Kier molecular flexibility index (Phi) is 4.30. The fraction of sp³-hybridized carbons (Fsp3) is 0.250. The minimum absolute atomic E-state index is 0.101. The monoisotopic (exact) mass is 293 g/mol. The number of rotatable bonds is 4. The molecular formula is C16H17BF3O-. The number of aryl methyl sites for hydroxylation is 3. The lowest BCUT2D eigenvalue weighted by Crippen LogP contribution is -2.35. The molecule has 0 aliphatic heterocycles. The fourth-order valence-electron chi connectivity index (χ4n) is 2.28. The predicted molar refractivity (Wildman–Crippen MR) is 80.1 cm³/mol. The molecule has 2 aromatic rings. The maximum atomic E-state index is 13.1. The van der Waals surface area contributed by atoms with Crippen LogP contribution in [0.25, 0.3) is 0 Å². The molecule has 0 fully saturated rings. The largest absolute Gasteiger partial charge is 0.513 e. The summed E-state index contributed by atoms with van der Waals surface area (Å²) in [7, 11) is 0. The third-order valence-electron chi connectivity index (χ3n) is 3.53. The van der Waals surface area contributed by atoms with Crippen molar-refractivity contribution in [2.75, 3.05) is 0 Å². The molecule has 0 amide bonds. The van der Waals surface area contributed by atoms with Crippen molar-refractivity contribution in [2.24, 2.45) is 0 Å². The SMILES string of the molecule is Cc1ccc(OCc2c(C)cccc2C)c([B-](F)(F)F)c1. The lowest BCUT2D eigenvalue weighted by atomic mass is 9.78. The lowest BCUT2D eigenvalue weighted by Gasteiger charge is -2.21. The average Bonchev–Trinajstić information content (AvgIpc) is 2.38. The first kappa shape index (κ1) is 15.5. The van der Waals surface area contributed by atoms with Crippen LogP contribution >= 0.6 is 0 Å². The molecule has 21 heavy (non-hydrogen) atoms. The average molecular weight is 293 g/mol. The third kappa shape index (κ3) is 3.60. The topological polar surface area (TPSA) is 9.23 Å². The maximum absolute atomic E-state index is 13.1. The molecule has 0 heterocycles. The zero-order chi connectivity index (χ0) is 15.6. The van der Waals surface area contributed by atoms with E-state index in [-0.39, 0.29) is 12.4 Å². The van der Waals surface area contributed by atoms with Crippen LogP contribution in [0.1, 0.15) is 22.3 Å². The molecule has 2 rings (SSSR count). The van der Waals surface area contributed by atoms with E-state index in [4.69, 9.17) is 4.74 Å². The van der Waals surface area contributed by atoms with Crippen molar-refractivity contribution in [3.8, 4) is 5.75 Å². The second kappa shape index (κ2) is 5.84. The van der Waals surface area contributed by atoms with Gasteiger partial charge >= 0.3 is 6.98 Å². The first-order chi connectivity index (χ1) is 9.79. The van der Waals surface area contributed by atoms with Crippen LogP contribution in [0.5, 0.6) is 5.75 Å². The molecule has 0 unspecified atom stereocenters. The lowest BCUT2D eigenvalue weighted by molar-refractivity contribution is 0.305. The van der Waals surface area contributed by atoms with Gasteiger partial charge in [-0.25, -0.2) is 0 Å². The summed E-state index contributed by atoms with van der Waals surface area (Å²) in [4.78, 5) is 0. The molecule has 5 heteroatoms. The first-order valence-electron chi connectivity index (χ1n) is 6.77. The number of hydrogen-bond acceptors (Lipinski definition) is 1. The van der Waals surface area contributed by atoms with Crippen LogP contribution in [0.3, 0.4) is 0 Å². The number of benzene rings is 2. The third-order valence-corrected chi connectivity index (χ3v) is 3.53. The van der Waals surface area contributed by atoms with E-state index in [0.29, 0.717) is 5.56 Å². The van der Waals surface area contributed by atoms with Gasteiger partial charge in [0.2, 0.25) is 0 Å². The highest BCUT2D eigenvalue weighted by Gasteiger charge is 2.29. The molecule has 0 atom stereocenters. The van der Waals surface area contributed by atoms with Crippen molar-refractivity contribution in [1.82, 2.24) is 0 Å². The Labute approximate surface area is 122 Å². The van der Waals surface area contributed by atoms with Gasteiger partial charge in [0.15, 0.2) is 0 Å². The van der Waals surface area contributed by atoms with Crippen molar-refractivity contribution < 1.29 is 17.7 Å². The van der Waals surface area contributed by atoms with Gasteiger partial charge in [0, 0.05) is 0 Å². The molecule has 0 aliphatic carbocycles. The van der Waals surface area contributed by atoms with Gasteiger partial charge in [0.05, 0.1) is 5.75 Å². The highest BCUT2D eigenvalue weighted by molar-refractivity contribution is 6.74. The summed E-state index contributed by atoms with van der Waals surface area (Å²) >= 11 is 0. The molecule has 0 aliphatic rings. The van der Waals surface area contributed by atoms with Crippen LogP contribution in [-0.2, 0) is 6.61 Å². The van der Waals surface area contributed by atoms with Crippen LogP contribution in [0.4, 0.5) is 12.9 Å². The maximum Gasteiger partial charge on any atom is 0.513 e. The van der Waals surface area contributed by atoms with E-state index in [0.717, 1.165) is 22.8 Å². The Bertz CT molecular complexity index is 630. The Hall–Kier alpha value is -1.91. The Balaban J connectivity index is 2.29. The molecule has 0 bridgehead atoms. The first-order valence-corrected chi connectivity index (χ1v) is 6.77. The van der Waals surface area contributed by atoms with E-state index in [1.807, 2.05) is 32.0 Å². The quantitative estimate of drug-likeness (QED) is 0.766. The molecule has 1 nitrogen and oxygen atoms in total. The van der Waals surface area contributed by atoms with Crippen molar-refractivity contribution in [1.29, 1.82) is 0 Å². The van der Waals surface area contributed by atoms with Gasteiger partial charge in [-0.15, -0.1) is 0 Å². The van der Waals surface area contributed by atoms with Crippen LogP contribution in [-0.4, -0.2) is 6.98 Å². The second-order valence-electron chi connectivity index (χ2n) is 5.28. The highest BCUT2D eigenvalue weighted by Crippen LogP contribution is 2.21. The molecule has 0 N–H and O–H groups in total. The normalized spacial score (nSPS) is 11.5. The Morgan fingerprint density at radius 2 is 1.57 bits per heavy atom. The summed E-state index contributed by atoms with van der Waals surface area (Å²) in [5.41, 5.74) is 2.87. The summed E-state index contributed by atoms with van der Waals surface area (Å²) in [5, 5.41) is 0. The van der Waals surface area contributed by atoms with Gasteiger partial charge < -0.3 is 17.7 Å². The Morgan fingerprint density at radius 3 is 2.14 bits per heavy atom. The van der Waals surface area contributed by atoms with Crippen molar-refractivity contribution >= 4 is 12.4 Å². The van der Waals surface area contributed by atoms with Crippen molar-refractivity contribution in [2.45, 2.75) is 27.4 Å². The standard InChI is InChI=1S/C16H17BF3O/c1-11-7-8-16(15(9-11)17(18,19)20)21-10-14-12(2)5-4-6-13(14)3/h4-9H,10H2,1-3H3/q-1. The van der Waals surface area contributed by atoms with E-state index in [1.165, 1.54) is 6.07 Å². The number of ether oxygens (including phenoxy) is 1. The fourth-order valence-corrected chi connectivity index (χ4v) is 2.28. The van der Waals surface area contributed by atoms with Crippen molar-refractivity contribution in [3.63, 3.8) is 0 Å². The van der Waals surface area contributed by atoms with Gasteiger partial charge in [-0.05, 0) is 43.5 Å². The summed E-state index contributed by atoms with van der Waals surface area (Å²) in [6.45, 7) is 0.548. The van der Waals surface area contributed by atoms with E-state index >= 15 is 0 Å². The summed E-state index contributed by atoms with van der Waals surface area (Å²) < 4.78 is 44.7. The van der Waals surface area contributed by atoms with Crippen molar-refractivity contribution in [3.05, 3.63) is 58.7 Å². The van der Waals surface area contributed by atoms with E-state index < -0.39 is 12.4 Å². The second-order valence-corrected chi connectivity index (χ2v) is 5.28. The molecule has 0 saturated heterocycles. The van der Waals surface area contributed by atoms with Crippen LogP contribution in [0.2, 0.25) is 0 Å². The van der Waals surface area contributed by atoms with E-state index in [1.54, 1.807) is 13.0 Å². The van der Waals surface area contributed by atoms with Gasteiger partial charge in [0.1, 0.15) is 6.61 Å². The van der Waals surface area contributed by atoms with Crippen LogP contribution in [0.15, 0.2) is 36.4 Å². The Morgan fingerprint density at radius 1 is 0.952 bits per heavy atom. The summed E-state index contributed by atoms with van der Waals surface area (Å²) in [6, 6.07) is 9.94. The molecule has 0 spiro atoms. The summed E-state index contributed by atoms with van der Waals surface area (Å²) in [6.07, 6.45) is 0. The smallest absolute Gasteiger partial charge is 0.492 e. The molecule has 0 aromatic heterocycles. The minimum Gasteiger partial charge on any atom is -0.492 e. The summed E-state index contributed by atoms with van der Waals surface area (Å²) in [5.74, 6) is -0.101. The van der Waals surface area contributed by atoms with Gasteiger partial charge in [0.25, 0.3) is 0 Å². The van der Waals surface area contributed by atoms with E-state index in [2.05, 4.69) is 0 Å². The van der Waals surface area contributed by atoms with Crippen LogP contribution in [0, 0.1) is 20.8 Å². The van der Waals surface area contributed by atoms with Gasteiger partial charge in [-0.3, -0.25) is 0 Å². The van der Waals surface area contributed by atoms with Gasteiger partial charge in [-0.1, -0.05) is 41.4 Å². The molecule has 112 valence electrons. The minimum atomic E-state index is -5.08. The number of hydrogen-bond donors (Lipinski definition) is 0. The number of halogens is 3. The molecular weight excluding hydrogens is 276 g/mol. The highest BCUT2D eigenvalue weighted by atomic mass is 19.4. The van der Waals surface area contributed by atoms with Crippen LogP contribution < -0.4 is 10.2 Å².